The minimum Gasteiger partial charge on any atom is -0.350 e. The molecule has 0 unspecified atom stereocenters. The van der Waals surface area contributed by atoms with E-state index in [0.717, 1.165) is 35.0 Å². The van der Waals surface area contributed by atoms with Crippen molar-refractivity contribution in [2.75, 3.05) is 27.7 Å². The fraction of sp³-hybridized carbons (Fsp3) is 0.280. The Balaban J connectivity index is 1.69. The van der Waals surface area contributed by atoms with Crippen molar-refractivity contribution in [3.05, 3.63) is 70.9 Å². The molecule has 0 aliphatic heterocycles. The van der Waals surface area contributed by atoms with E-state index >= 15 is 0 Å². The number of hydrogen-bond acceptors (Lipinski definition) is 2. The molecule has 0 saturated heterocycles. The quantitative estimate of drug-likeness (QED) is 0.385. The van der Waals surface area contributed by atoms with Crippen LogP contribution in [0.3, 0.4) is 0 Å². The summed E-state index contributed by atoms with van der Waals surface area (Å²) in [5.74, 6) is -0.417. The van der Waals surface area contributed by atoms with Gasteiger partial charge in [0, 0.05) is 54.3 Å². The smallest absolute Gasteiger partial charge is 0.348 e. The Labute approximate surface area is 195 Å². The van der Waals surface area contributed by atoms with Crippen molar-refractivity contribution in [1.29, 1.82) is 0 Å². The molecule has 34 heavy (non-hydrogen) atoms. The van der Waals surface area contributed by atoms with E-state index < -0.39 is 5.69 Å². The van der Waals surface area contributed by atoms with Gasteiger partial charge in [-0.15, -0.1) is 0 Å². The van der Waals surface area contributed by atoms with Crippen LogP contribution in [0, 0.1) is 11.6 Å². The van der Waals surface area contributed by atoms with Crippen LogP contribution >= 0.6 is 0 Å². The number of aryl methyl sites for hydroxylation is 2. The fourth-order valence-corrected chi connectivity index (χ4v) is 4.57. The number of aromatic nitrogens is 5. The van der Waals surface area contributed by atoms with E-state index in [0.29, 0.717) is 27.8 Å². The number of rotatable bonds is 6. The van der Waals surface area contributed by atoms with Crippen molar-refractivity contribution in [1.82, 2.24) is 23.9 Å². The number of nitrogens with zero attached hydrogens (tertiary/aromatic N) is 5. The van der Waals surface area contributed by atoms with E-state index in [1.165, 1.54) is 28.8 Å². The zero-order valence-electron chi connectivity index (χ0n) is 19.6. The van der Waals surface area contributed by atoms with Crippen molar-refractivity contribution in [3.63, 3.8) is 0 Å². The average molecular weight is 466 g/mol. The maximum absolute atomic E-state index is 14.3. The lowest BCUT2D eigenvalue weighted by molar-refractivity contribution is -0.870. The molecule has 5 aromatic rings. The van der Waals surface area contributed by atoms with Crippen molar-refractivity contribution in [3.8, 4) is 17.1 Å². The lowest BCUT2D eigenvalue weighted by Gasteiger charge is -2.23. The molecule has 9 heteroatoms. The maximum atomic E-state index is 14.3. The molecule has 3 heterocycles. The summed E-state index contributed by atoms with van der Waals surface area (Å²) in [5.41, 5.74) is 2.34. The molecule has 0 amide bonds. The molecule has 7 nitrogen and oxygen atoms in total. The summed E-state index contributed by atoms with van der Waals surface area (Å²) in [7, 11) is 8.27. The van der Waals surface area contributed by atoms with Crippen molar-refractivity contribution in [2.45, 2.75) is 13.0 Å². The Morgan fingerprint density at radius 3 is 2.35 bits per heavy atom. The van der Waals surface area contributed by atoms with Crippen LogP contribution in [-0.2, 0) is 13.6 Å². The number of quaternary nitrogens is 1. The second kappa shape index (κ2) is 7.95. The molecule has 0 spiro atoms. The molecular formula is C25H27F2N6O+. The molecule has 0 aliphatic rings. The Hall–Kier alpha value is -3.72. The van der Waals surface area contributed by atoms with E-state index in [9.17, 15) is 13.6 Å². The van der Waals surface area contributed by atoms with Crippen LogP contribution in [0.2, 0.25) is 0 Å². The molecule has 0 bridgehead atoms. The first-order valence-electron chi connectivity index (χ1n) is 11.1. The number of aromatic amines is 1. The SMILES string of the molecule is Cn1cc(-c2n[nH]c(=O)n2-c2cn(CCC[N+](C)(C)C)c3ccc(F)cc23)c2cc(F)ccc21. The number of H-pyrrole nitrogens is 1. The molecule has 0 fully saturated rings. The second-order valence-corrected chi connectivity index (χ2v) is 9.74. The molecule has 1 N–H and O–H groups in total. The van der Waals surface area contributed by atoms with Gasteiger partial charge >= 0.3 is 5.69 Å². The van der Waals surface area contributed by atoms with Crippen molar-refractivity contribution >= 4 is 21.8 Å². The van der Waals surface area contributed by atoms with Gasteiger partial charge in [-0.05, 0) is 36.4 Å². The molecule has 5 rings (SSSR count). The molecule has 176 valence electrons. The number of fused-ring (bicyclic) bond motifs is 2. The Morgan fingerprint density at radius 1 is 0.971 bits per heavy atom. The largest absolute Gasteiger partial charge is 0.350 e. The van der Waals surface area contributed by atoms with Gasteiger partial charge in [0.1, 0.15) is 11.6 Å². The third kappa shape index (κ3) is 3.81. The van der Waals surface area contributed by atoms with Gasteiger partial charge in [-0.25, -0.2) is 23.2 Å². The van der Waals surface area contributed by atoms with E-state index in [2.05, 4.69) is 31.3 Å². The number of nitrogens with one attached hydrogen (secondary N) is 1. The van der Waals surface area contributed by atoms with Gasteiger partial charge in [0.05, 0.1) is 38.9 Å². The van der Waals surface area contributed by atoms with Crippen LogP contribution in [0.15, 0.2) is 53.6 Å². The average Bonchev–Trinajstić information content (AvgIpc) is 3.40. The summed E-state index contributed by atoms with van der Waals surface area (Å²) in [6, 6.07) is 9.12. The van der Waals surface area contributed by atoms with Crippen LogP contribution < -0.4 is 5.69 Å². The van der Waals surface area contributed by atoms with Crippen molar-refractivity contribution in [2.24, 2.45) is 7.05 Å². The summed E-state index contributed by atoms with van der Waals surface area (Å²) in [6.45, 7) is 1.69. The molecule has 2 aromatic carbocycles. The summed E-state index contributed by atoms with van der Waals surface area (Å²) in [5, 5.41) is 8.05. The Bertz CT molecular complexity index is 1580. The van der Waals surface area contributed by atoms with E-state index in [4.69, 9.17) is 0 Å². The van der Waals surface area contributed by atoms with Gasteiger partial charge in [-0.3, -0.25) is 0 Å². The first kappa shape index (κ1) is 22.1. The first-order chi connectivity index (χ1) is 16.1. The van der Waals surface area contributed by atoms with Crippen LogP contribution in [-0.4, -0.2) is 56.1 Å². The van der Waals surface area contributed by atoms with E-state index in [1.807, 2.05) is 28.6 Å². The summed E-state index contributed by atoms with van der Waals surface area (Å²) in [4.78, 5) is 13.0. The van der Waals surface area contributed by atoms with Crippen LogP contribution in [0.25, 0.3) is 38.9 Å². The highest BCUT2D eigenvalue weighted by molar-refractivity contribution is 5.96. The van der Waals surface area contributed by atoms with Crippen LogP contribution in [0.5, 0.6) is 0 Å². The van der Waals surface area contributed by atoms with Crippen LogP contribution in [0.1, 0.15) is 6.42 Å². The second-order valence-electron chi connectivity index (χ2n) is 9.74. The van der Waals surface area contributed by atoms with Gasteiger partial charge in [-0.2, -0.15) is 5.10 Å². The van der Waals surface area contributed by atoms with Gasteiger partial charge in [0.15, 0.2) is 5.82 Å². The van der Waals surface area contributed by atoms with E-state index in [-0.39, 0.29) is 11.6 Å². The number of benzene rings is 2. The first-order valence-corrected chi connectivity index (χ1v) is 11.1. The molecule has 0 radical (unpaired) electrons. The van der Waals surface area contributed by atoms with Crippen molar-refractivity contribution < 1.29 is 13.3 Å². The standard InChI is InChI=1S/C25H26F2N6O/c1-30-14-20(18-12-16(26)6-8-21(18)30)24-28-29-25(34)32(24)23-15-31(10-5-11-33(2,3)4)22-9-7-17(27)13-19(22)23/h6-9,12-15H,5,10-11H2,1-4H3/p+1. The summed E-state index contributed by atoms with van der Waals surface area (Å²) >= 11 is 0. The number of hydrogen-bond donors (Lipinski definition) is 1. The van der Waals surface area contributed by atoms with Gasteiger partial charge in [0.2, 0.25) is 0 Å². The summed E-state index contributed by atoms with van der Waals surface area (Å²) in [6.07, 6.45) is 4.60. The normalized spacial score (nSPS) is 12.3. The zero-order chi connectivity index (χ0) is 24.2. The van der Waals surface area contributed by atoms with E-state index in [1.54, 1.807) is 12.1 Å². The molecule has 0 aliphatic carbocycles. The molecular weight excluding hydrogens is 438 g/mol. The fourth-order valence-electron chi connectivity index (χ4n) is 4.57. The minimum absolute atomic E-state index is 0.343. The third-order valence-corrected chi connectivity index (χ3v) is 6.16. The lowest BCUT2D eigenvalue weighted by atomic mass is 10.1. The zero-order valence-corrected chi connectivity index (χ0v) is 19.6. The highest BCUT2D eigenvalue weighted by Gasteiger charge is 2.21. The van der Waals surface area contributed by atoms with Gasteiger partial charge in [0.25, 0.3) is 0 Å². The monoisotopic (exact) mass is 465 g/mol. The van der Waals surface area contributed by atoms with Gasteiger partial charge in [-0.1, -0.05) is 0 Å². The third-order valence-electron chi connectivity index (χ3n) is 6.16. The predicted molar refractivity (Wildman–Crippen MR) is 129 cm³/mol. The molecule has 0 saturated carbocycles. The summed E-state index contributed by atoms with van der Waals surface area (Å²) < 4.78 is 34.6. The topological polar surface area (TPSA) is 60.5 Å². The Kier molecular flexibility index (Phi) is 5.16. The minimum atomic E-state index is -0.446. The lowest BCUT2D eigenvalue weighted by Crippen LogP contribution is -2.35. The van der Waals surface area contributed by atoms with Gasteiger partial charge < -0.3 is 13.6 Å². The molecule has 0 atom stereocenters. The predicted octanol–water partition coefficient (Wildman–Crippen LogP) is 4.05. The number of halogens is 2. The highest BCUT2D eigenvalue weighted by atomic mass is 19.1. The Morgan fingerprint density at radius 2 is 1.65 bits per heavy atom. The van der Waals surface area contributed by atoms with Crippen LogP contribution in [0.4, 0.5) is 8.78 Å². The maximum Gasteiger partial charge on any atom is 0.348 e. The molecule has 3 aromatic heterocycles. The highest BCUT2D eigenvalue weighted by Crippen LogP contribution is 2.32.